The van der Waals surface area contributed by atoms with Crippen molar-refractivity contribution in [3.63, 3.8) is 0 Å². The van der Waals surface area contributed by atoms with Gasteiger partial charge in [0.1, 0.15) is 0 Å². The Morgan fingerprint density at radius 1 is 0.900 bits per heavy atom. The highest BCUT2D eigenvalue weighted by molar-refractivity contribution is 5.41. The first kappa shape index (κ1) is 13.4. The van der Waals surface area contributed by atoms with Crippen LogP contribution in [0.2, 0.25) is 0 Å². The second-order valence-electron chi connectivity index (χ2n) is 6.79. The Morgan fingerprint density at radius 3 is 2.25 bits per heavy atom. The van der Waals surface area contributed by atoms with Crippen LogP contribution in [0, 0.1) is 0 Å². The minimum absolute atomic E-state index is 0.120. The van der Waals surface area contributed by atoms with E-state index in [2.05, 4.69) is 80.7 Å². The van der Waals surface area contributed by atoms with Gasteiger partial charge in [-0.1, -0.05) is 54.6 Å². The Balaban J connectivity index is 1.99. The van der Waals surface area contributed by atoms with Gasteiger partial charge in [-0.15, -0.1) is 0 Å². The number of hydrogen-bond acceptors (Lipinski definition) is 1. The topological polar surface area (TPSA) is 12.0 Å². The fourth-order valence-electron chi connectivity index (χ4n) is 3.25. The third-order valence-corrected chi connectivity index (χ3v) is 4.05. The summed E-state index contributed by atoms with van der Waals surface area (Å²) in [4.78, 5) is 0. The molecular weight excluding hydrogens is 242 g/mol. The molecule has 2 atom stereocenters. The zero-order chi connectivity index (χ0) is 14.2. The van der Waals surface area contributed by atoms with Crippen LogP contribution in [-0.4, -0.2) is 5.54 Å². The van der Waals surface area contributed by atoms with Crippen LogP contribution >= 0.6 is 0 Å². The largest absolute Gasteiger partial charge is 0.305 e. The quantitative estimate of drug-likeness (QED) is 0.845. The summed E-state index contributed by atoms with van der Waals surface area (Å²) >= 11 is 0. The third kappa shape index (κ3) is 2.64. The lowest BCUT2D eigenvalue weighted by Gasteiger charge is -2.31. The first-order valence-corrected chi connectivity index (χ1v) is 7.45. The highest BCUT2D eigenvalue weighted by Crippen LogP contribution is 2.43. The van der Waals surface area contributed by atoms with E-state index in [1.807, 2.05) is 0 Å². The normalized spacial score (nSPS) is 21.8. The number of benzene rings is 2. The molecule has 0 amide bonds. The maximum Gasteiger partial charge on any atom is 0.0399 e. The molecule has 1 aliphatic carbocycles. The van der Waals surface area contributed by atoms with Gasteiger partial charge in [0.25, 0.3) is 0 Å². The zero-order valence-corrected chi connectivity index (χ0v) is 12.6. The summed E-state index contributed by atoms with van der Waals surface area (Å²) in [6.07, 6.45) is 1.13. The van der Waals surface area contributed by atoms with Crippen molar-refractivity contribution in [1.29, 1.82) is 0 Å². The summed E-state index contributed by atoms with van der Waals surface area (Å²) in [6, 6.07) is 20.2. The molecule has 2 aromatic carbocycles. The van der Waals surface area contributed by atoms with Crippen molar-refractivity contribution in [2.24, 2.45) is 0 Å². The maximum absolute atomic E-state index is 3.82. The van der Waals surface area contributed by atoms with E-state index in [-0.39, 0.29) is 5.54 Å². The summed E-state index contributed by atoms with van der Waals surface area (Å²) in [5.74, 6) is 0.535. The van der Waals surface area contributed by atoms with E-state index >= 15 is 0 Å². The lowest BCUT2D eigenvalue weighted by atomic mass is 9.90. The fraction of sp³-hybridized carbons (Fsp3) is 0.368. The summed E-state index contributed by atoms with van der Waals surface area (Å²) in [6.45, 7) is 6.74. The van der Waals surface area contributed by atoms with Gasteiger partial charge >= 0.3 is 0 Å². The van der Waals surface area contributed by atoms with Gasteiger partial charge < -0.3 is 5.32 Å². The van der Waals surface area contributed by atoms with Gasteiger partial charge in [0, 0.05) is 17.5 Å². The van der Waals surface area contributed by atoms with Crippen LogP contribution in [0.5, 0.6) is 0 Å². The van der Waals surface area contributed by atoms with Gasteiger partial charge in [-0.05, 0) is 43.9 Å². The lowest BCUT2D eigenvalue weighted by molar-refractivity contribution is 0.340. The van der Waals surface area contributed by atoms with Gasteiger partial charge in [0.15, 0.2) is 0 Å². The predicted molar refractivity (Wildman–Crippen MR) is 85.0 cm³/mol. The minimum atomic E-state index is 0.120. The lowest BCUT2D eigenvalue weighted by Crippen LogP contribution is -2.40. The molecule has 0 bridgehead atoms. The third-order valence-electron chi connectivity index (χ3n) is 4.05. The number of hydrogen-bond donors (Lipinski definition) is 1. The first-order chi connectivity index (χ1) is 9.54. The summed E-state index contributed by atoms with van der Waals surface area (Å²) in [7, 11) is 0. The van der Waals surface area contributed by atoms with Crippen molar-refractivity contribution in [1.82, 2.24) is 5.32 Å². The van der Waals surface area contributed by atoms with Crippen molar-refractivity contribution >= 4 is 0 Å². The summed E-state index contributed by atoms with van der Waals surface area (Å²) in [5, 5.41) is 3.82. The minimum Gasteiger partial charge on any atom is -0.305 e. The molecule has 3 rings (SSSR count). The molecule has 1 aliphatic rings. The molecule has 0 saturated carbocycles. The number of rotatable bonds is 2. The van der Waals surface area contributed by atoms with Crippen LogP contribution < -0.4 is 5.32 Å². The van der Waals surface area contributed by atoms with Gasteiger partial charge in [0.2, 0.25) is 0 Å². The molecule has 0 fully saturated rings. The van der Waals surface area contributed by atoms with Crippen molar-refractivity contribution in [2.75, 3.05) is 0 Å². The molecule has 1 heteroatoms. The smallest absolute Gasteiger partial charge is 0.0399 e. The summed E-state index contributed by atoms with van der Waals surface area (Å²) in [5.41, 5.74) is 4.51. The highest BCUT2D eigenvalue weighted by Gasteiger charge is 2.35. The van der Waals surface area contributed by atoms with Crippen molar-refractivity contribution in [3.8, 4) is 0 Å². The van der Waals surface area contributed by atoms with Gasteiger partial charge in [-0.25, -0.2) is 0 Å². The second-order valence-corrected chi connectivity index (χ2v) is 6.79. The van der Waals surface area contributed by atoms with Crippen molar-refractivity contribution in [2.45, 2.75) is 44.7 Å². The molecule has 0 saturated heterocycles. The second kappa shape index (κ2) is 5.06. The van der Waals surface area contributed by atoms with Crippen LogP contribution in [-0.2, 0) is 6.42 Å². The Hall–Kier alpha value is -1.60. The SMILES string of the molecule is CC(C)(C)N[C@@H]1c2ccccc2C[C@H]1c1ccccc1. The molecule has 1 N–H and O–H groups in total. The molecule has 1 nitrogen and oxygen atoms in total. The molecule has 104 valence electrons. The fourth-order valence-corrected chi connectivity index (χ4v) is 3.25. The molecule has 0 unspecified atom stereocenters. The molecule has 0 radical (unpaired) electrons. The average Bonchev–Trinajstić information content (AvgIpc) is 2.77. The van der Waals surface area contributed by atoms with Crippen molar-refractivity contribution < 1.29 is 0 Å². The molecular formula is C19H23N. The first-order valence-electron chi connectivity index (χ1n) is 7.45. The molecule has 0 heterocycles. The average molecular weight is 265 g/mol. The van der Waals surface area contributed by atoms with E-state index in [0.717, 1.165) is 6.42 Å². The Kier molecular flexibility index (Phi) is 3.39. The van der Waals surface area contributed by atoms with Crippen LogP contribution in [0.4, 0.5) is 0 Å². The molecule has 2 aromatic rings. The molecule has 0 spiro atoms. The predicted octanol–water partition coefficient (Wildman–Crippen LogP) is 4.46. The van der Waals surface area contributed by atoms with Gasteiger partial charge in [-0.3, -0.25) is 0 Å². The van der Waals surface area contributed by atoms with E-state index in [1.54, 1.807) is 0 Å². The van der Waals surface area contributed by atoms with Crippen LogP contribution in [0.1, 0.15) is 49.4 Å². The van der Waals surface area contributed by atoms with Crippen LogP contribution in [0.15, 0.2) is 54.6 Å². The monoisotopic (exact) mass is 265 g/mol. The Labute approximate surface area is 122 Å². The Morgan fingerprint density at radius 2 is 1.55 bits per heavy atom. The number of fused-ring (bicyclic) bond motifs is 1. The zero-order valence-electron chi connectivity index (χ0n) is 12.6. The van der Waals surface area contributed by atoms with E-state index < -0.39 is 0 Å². The van der Waals surface area contributed by atoms with E-state index in [9.17, 15) is 0 Å². The summed E-state index contributed by atoms with van der Waals surface area (Å²) < 4.78 is 0. The standard InChI is InChI=1S/C19H23N/c1-19(2,3)20-18-16-12-8-7-11-15(16)13-17(18)14-9-5-4-6-10-14/h4-12,17-18,20H,13H2,1-3H3/t17-,18+/m0/s1. The molecule has 20 heavy (non-hydrogen) atoms. The highest BCUT2D eigenvalue weighted by atomic mass is 15.0. The van der Waals surface area contributed by atoms with E-state index in [4.69, 9.17) is 0 Å². The van der Waals surface area contributed by atoms with E-state index in [0.29, 0.717) is 12.0 Å². The van der Waals surface area contributed by atoms with Crippen LogP contribution in [0.3, 0.4) is 0 Å². The van der Waals surface area contributed by atoms with E-state index in [1.165, 1.54) is 16.7 Å². The number of nitrogens with one attached hydrogen (secondary N) is 1. The Bertz CT molecular complexity index is 580. The van der Waals surface area contributed by atoms with Gasteiger partial charge in [-0.2, -0.15) is 0 Å². The van der Waals surface area contributed by atoms with Crippen molar-refractivity contribution in [3.05, 3.63) is 71.3 Å². The molecule has 0 aromatic heterocycles. The van der Waals surface area contributed by atoms with Crippen LogP contribution in [0.25, 0.3) is 0 Å². The maximum atomic E-state index is 3.82. The molecule has 0 aliphatic heterocycles. The van der Waals surface area contributed by atoms with Gasteiger partial charge in [0.05, 0.1) is 0 Å².